The van der Waals surface area contributed by atoms with Crippen molar-refractivity contribution in [1.82, 2.24) is 4.90 Å². The number of ketones is 1. The van der Waals surface area contributed by atoms with Crippen LogP contribution in [-0.4, -0.2) is 41.7 Å². The predicted octanol–water partition coefficient (Wildman–Crippen LogP) is 5.41. The molecule has 1 spiro atoms. The lowest BCUT2D eigenvalue weighted by molar-refractivity contribution is 0.0874. The molecule has 7 heteroatoms. The summed E-state index contributed by atoms with van der Waals surface area (Å²) >= 11 is 6.95. The van der Waals surface area contributed by atoms with Crippen LogP contribution >= 0.6 is 11.6 Å². The lowest BCUT2D eigenvalue weighted by Crippen LogP contribution is -2.51. The number of anilines is 1. The summed E-state index contributed by atoms with van der Waals surface area (Å²) in [7, 11) is 0. The third-order valence-corrected chi connectivity index (χ3v) is 7.60. The fraction of sp³-hybridized carbons (Fsp3) is 0.259. The van der Waals surface area contributed by atoms with Gasteiger partial charge in [-0.2, -0.15) is 0 Å². The quantitative estimate of drug-likeness (QED) is 0.285. The van der Waals surface area contributed by atoms with Crippen LogP contribution in [0.2, 0.25) is 0 Å². The monoisotopic (exact) mass is 480 g/mol. The van der Waals surface area contributed by atoms with Gasteiger partial charge < -0.3 is 0 Å². The summed E-state index contributed by atoms with van der Waals surface area (Å²) in [6, 6.07) is 19.9. The molecule has 1 fully saturated rings. The first-order chi connectivity index (χ1) is 16.4. The van der Waals surface area contributed by atoms with E-state index in [1.807, 2.05) is 30.3 Å². The average Bonchev–Trinajstić information content (AvgIpc) is 3.08. The van der Waals surface area contributed by atoms with E-state index < -0.39 is 34.0 Å². The van der Waals surface area contributed by atoms with Gasteiger partial charge in [0.2, 0.25) is 0 Å². The number of rotatable bonds is 4. The molecule has 1 unspecified atom stereocenters. The Labute approximate surface area is 201 Å². The zero-order valence-corrected chi connectivity index (χ0v) is 19.1. The minimum Gasteiger partial charge on any atom is -0.296 e. The second-order valence-corrected chi connectivity index (χ2v) is 9.26. The number of benzene rings is 3. The van der Waals surface area contributed by atoms with Crippen molar-refractivity contribution in [3.8, 4) is 0 Å². The molecule has 34 heavy (non-hydrogen) atoms. The van der Waals surface area contributed by atoms with Gasteiger partial charge in [0.1, 0.15) is 22.7 Å². The lowest BCUT2D eigenvalue weighted by atomic mass is 9.74. The molecule has 0 N–H and O–H groups in total. The van der Waals surface area contributed by atoms with Crippen LogP contribution in [0, 0.1) is 11.6 Å². The smallest absolute Gasteiger partial charge is 0.265 e. The number of amides is 1. The van der Waals surface area contributed by atoms with Crippen LogP contribution < -0.4 is 4.90 Å². The number of Topliss-reactive ketones (excluding diaryl/α,β-unsaturated/α-hetero) is 1. The number of likely N-dealkylation sites (tertiary alicyclic amines) is 1. The van der Waals surface area contributed by atoms with E-state index >= 15 is 0 Å². The fourth-order valence-electron chi connectivity index (χ4n) is 5.17. The molecule has 0 saturated carbocycles. The van der Waals surface area contributed by atoms with Crippen LogP contribution in [0.5, 0.6) is 0 Å². The normalized spacial score (nSPS) is 19.3. The Morgan fingerprint density at radius 2 is 1.50 bits per heavy atom. The minimum atomic E-state index is -0.915. The maximum atomic E-state index is 14.4. The van der Waals surface area contributed by atoms with Gasteiger partial charge in [-0.25, -0.2) is 8.78 Å². The third-order valence-electron chi connectivity index (χ3n) is 6.99. The number of alkyl halides is 1. The van der Waals surface area contributed by atoms with Crippen molar-refractivity contribution in [2.24, 2.45) is 0 Å². The summed E-state index contributed by atoms with van der Waals surface area (Å²) in [6.45, 7) is 1.54. The second kappa shape index (κ2) is 8.93. The minimum absolute atomic E-state index is 0.0534. The summed E-state index contributed by atoms with van der Waals surface area (Å²) in [4.78, 5) is 29.4. The lowest BCUT2D eigenvalue weighted by Gasteiger charge is -2.42. The number of hydrogen-bond donors (Lipinski definition) is 0. The molecule has 1 saturated heterocycles. The van der Waals surface area contributed by atoms with Gasteiger partial charge in [0.15, 0.2) is 5.78 Å². The Hall–Kier alpha value is -3.09. The number of piperidine rings is 1. The number of fused-ring (bicyclic) bond motifs is 2. The van der Waals surface area contributed by atoms with Crippen LogP contribution in [0.25, 0.3) is 0 Å². The Kier molecular flexibility index (Phi) is 5.96. The molecule has 0 aromatic heterocycles. The van der Waals surface area contributed by atoms with Crippen molar-refractivity contribution in [3.05, 3.63) is 101 Å². The summed E-state index contributed by atoms with van der Waals surface area (Å²) in [5.41, 5.74) is 0.169. The highest BCUT2D eigenvalue weighted by molar-refractivity contribution is 6.28. The molecule has 0 bridgehead atoms. The van der Waals surface area contributed by atoms with Gasteiger partial charge in [-0.1, -0.05) is 66.2 Å². The molecule has 0 aliphatic carbocycles. The highest BCUT2D eigenvalue weighted by Gasteiger charge is 2.53. The van der Waals surface area contributed by atoms with Crippen molar-refractivity contribution in [2.45, 2.75) is 23.8 Å². The molecule has 4 nitrogen and oxygen atoms in total. The third kappa shape index (κ3) is 3.71. The van der Waals surface area contributed by atoms with E-state index in [-0.39, 0.29) is 5.78 Å². The van der Waals surface area contributed by atoms with Crippen LogP contribution in [0.4, 0.5) is 14.5 Å². The van der Waals surface area contributed by atoms with Gasteiger partial charge >= 0.3 is 0 Å². The first-order valence-corrected chi connectivity index (χ1v) is 11.7. The van der Waals surface area contributed by atoms with E-state index in [9.17, 15) is 18.4 Å². The van der Waals surface area contributed by atoms with Crippen molar-refractivity contribution in [2.75, 3.05) is 24.5 Å². The summed E-state index contributed by atoms with van der Waals surface area (Å²) in [5.74, 6) is -2.57. The molecular weight excluding hydrogens is 458 g/mol. The van der Waals surface area contributed by atoms with Crippen LogP contribution in [0.3, 0.4) is 0 Å². The number of para-hydroxylation sites is 1. The van der Waals surface area contributed by atoms with Crippen LogP contribution in [0.1, 0.15) is 39.1 Å². The maximum Gasteiger partial charge on any atom is 0.265 e. The molecule has 174 valence electrons. The number of hydrogen-bond acceptors (Lipinski definition) is 3. The summed E-state index contributed by atoms with van der Waals surface area (Å²) in [6.07, 6.45) is 1.23. The Bertz CT molecular complexity index is 1220. The maximum absolute atomic E-state index is 14.4. The van der Waals surface area contributed by atoms with Crippen molar-refractivity contribution in [1.29, 1.82) is 0 Å². The zero-order chi connectivity index (χ0) is 23.9. The number of carbonyl (C=O) groups is 2. The van der Waals surface area contributed by atoms with E-state index in [0.717, 1.165) is 17.7 Å². The van der Waals surface area contributed by atoms with Crippen molar-refractivity contribution >= 4 is 29.0 Å². The largest absolute Gasteiger partial charge is 0.296 e. The van der Waals surface area contributed by atoms with Crippen molar-refractivity contribution < 1.29 is 18.4 Å². The Balaban J connectivity index is 1.40. The van der Waals surface area contributed by atoms with Crippen LogP contribution in [0.15, 0.2) is 72.8 Å². The molecule has 3 aromatic rings. The first kappa shape index (κ1) is 22.7. The zero-order valence-electron chi connectivity index (χ0n) is 18.4. The second-order valence-electron chi connectivity index (χ2n) is 8.85. The topological polar surface area (TPSA) is 40.6 Å². The van der Waals surface area contributed by atoms with Gasteiger partial charge in [-0.05, 0) is 49.7 Å². The van der Waals surface area contributed by atoms with E-state index in [1.54, 1.807) is 24.3 Å². The fourth-order valence-corrected chi connectivity index (χ4v) is 5.70. The van der Waals surface area contributed by atoms with E-state index in [0.29, 0.717) is 43.7 Å². The molecular formula is C27H23ClF2N2O2. The van der Waals surface area contributed by atoms with E-state index in [1.165, 1.54) is 11.0 Å². The van der Waals surface area contributed by atoms with Gasteiger partial charge in [0.05, 0.1) is 6.54 Å². The Morgan fingerprint density at radius 1 is 0.882 bits per heavy atom. The number of nitrogens with zero attached hydrogens (tertiary/aromatic N) is 2. The van der Waals surface area contributed by atoms with Crippen LogP contribution in [-0.2, 0) is 5.41 Å². The number of halogens is 3. The highest BCUT2D eigenvalue weighted by atomic mass is 35.5. The Morgan fingerprint density at radius 3 is 2.18 bits per heavy atom. The van der Waals surface area contributed by atoms with Gasteiger partial charge in [-0.15, -0.1) is 0 Å². The van der Waals surface area contributed by atoms with Gasteiger partial charge in [0, 0.05) is 16.7 Å². The molecule has 1 atom stereocenters. The van der Waals surface area contributed by atoms with Crippen molar-refractivity contribution in [3.63, 3.8) is 0 Å². The summed E-state index contributed by atoms with van der Waals surface area (Å²) < 4.78 is 28.9. The number of carbonyl (C=O) groups excluding carboxylic acids is 2. The average molecular weight is 481 g/mol. The molecule has 5 rings (SSSR count). The van der Waals surface area contributed by atoms with Gasteiger partial charge in [0.25, 0.3) is 5.91 Å². The SMILES string of the molecule is O=C(CN1CCC2(CC1)c1ccccc1N(C(=O)c1c(F)cccc1F)C2Cl)c1ccccc1. The molecule has 0 radical (unpaired) electrons. The summed E-state index contributed by atoms with van der Waals surface area (Å²) in [5, 5.41) is 0. The molecule has 3 aromatic carbocycles. The highest BCUT2D eigenvalue weighted by Crippen LogP contribution is 2.53. The molecule has 2 aliphatic heterocycles. The van der Waals surface area contributed by atoms with E-state index in [2.05, 4.69) is 4.90 Å². The molecule has 1 amide bonds. The van der Waals surface area contributed by atoms with E-state index in [4.69, 9.17) is 11.6 Å². The molecule has 2 aliphatic rings. The van der Waals surface area contributed by atoms with Gasteiger partial charge in [-0.3, -0.25) is 19.4 Å². The first-order valence-electron chi connectivity index (χ1n) is 11.2. The standard InChI is InChI=1S/C27H23ClF2N2O2/c28-26-27(13-15-31(16-14-27)17-23(33)18-7-2-1-3-8-18)19-9-4-5-12-22(19)32(26)25(34)24-20(29)10-6-11-21(24)30/h1-12,26H,13-17H2. The molecule has 2 heterocycles. The predicted molar refractivity (Wildman–Crippen MR) is 127 cm³/mol.